The number of nitrogens with one attached hydrogen (secondary N) is 2. The molecule has 0 saturated carbocycles. The van der Waals surface area contributed by atoms with Crippen molar-refractivity contribution in [3.05, 3.63) is 65.7 Å². The summed E-state index contributed by atoms with van der Waals surface area (Å²) >= 11 is 0. The van der Waals surface area contributed by atoms with E-state index in [2.05, 4.69) is 19.2 Å². The lowest BCUT2D eigenvalue weighted by Gasteiger charge is -2.41. The largest absolute Gasteiger partial charge is 0.471 e. The molecule has 1 heterocycles. The van der Waals surface area contributed by atoms with Crippen LogP contribution in [0.2, 0.25) is 0 Å². The van der Waals surface area contributed by atoms with Gasteiger partial charge in [-0.2, -0.15) is 13.2 Å². The van der Waals surface area contributed by atoms with E-state index in [4.69, 9.17) is 0 Å². The summed E-state index contributed by atoms with van der Waals surface area (Å²) in [6.45, 7) is 4.32. The van der Waals surface area contributed by atoms with Gasteiger partial charge in [0.15, 0.2) is 0 Å². The van der Waals surface area contributed by atoms with E-state index in [1.165, 1.54) is 4.90 Å². The topological polar surface area (TPSA) is 78.5 Å². The number of amides is 3. The molecule has 2 N–H and O–H groups in total. The van der Waals surface area contributed by atoms with Crippen molar-refractivity contribution in [1.82, 2.24) is 10.2 Å². The van der Waals surface area contributed by atoms with Gasteiger partial charge in [-0.15, -0.1) is 0 Å². The molecular weight excluding hydrogens is 435 g/mol. The van der Waals surface area contributed by atoms with Crippen LogP contribution in [0.1, 0.15) is 37.3 Å². The van der Waals surface area contributed by atoms with E-state index in [1.54, 1.807) is 47.8 Å². The van der Waals surface area contributed by atoms with Gasteiger partial charge in [-0.25, -0.2) is 0 Å². The monoisotopic (exact) mass is 461 g/mol. The first-order valence-corrected chi connectivity index (χ1v) is 10.7. The summed E-state index contributed by atoms with van der Waals surface area (Å²) in [5.74, 6) is -3.00. The van der Waals surface area contributed by atoms with E-state index >= 15 is 0 Å². The maximum Gasteiger partial charge on any atom is 0.471 e. The molecule has 0 bridgehead atoms. The second kappa shape index (κ2) is 10.1. The van der Waals surface area contributed by atoms with Crippen LogP contribution in [0.5, 0.6) is 0 Å². The first kappa shape index (κ1) is 24.3. The minimum atomic E-state index is -5.12. The van der Waals surface area contributed by atoms with Crippen LogP contribution in [0, 0.1) is 0 Å². The third-order valence-electron chi connectivity index (χ3n) is 5.59. The molecule has 0 radical (unpaired) electrons. The maximum absolute atomic E-state index is 13.0. The molecule has 3 amide bonds. The molecule has 2 aromatic carbocycles. The predicted molar refractivity (Wildman–Crippen MR) is 117 cm³/mol. The zero-order chi connectivity index (χ0) is 24.2. The second-order valence-electron chi connectivity index (χ2n) is 8.32. The van der Waals surface area contributed by atoms with Gasteiger partial charge in [0.05, 0.1) is 0 Å². The van der Waals surface area contributed by atoms with Gasteiger partial charge >= 0.3 is 12.1 Å². The number of carbonyl (C=O) groups is 3. The number of anilines is 1. The van der Waals surface area contributed by atoms with Crippen molar-refractivity contribution in [2.24, 2.45) is 0 Å². The Balaban J connectivity index is 1.70. The van der Waals surface area contributed by atoms with Crippen LogP contribution in [0.15, 0.2) is 54.6 Å². The van der Waals surface area contributed by atoms with E-state index < -0.39 is 36.0 Å². The van der Waals surface area contributed by atoms with Gasteiger partial charge in [0.1, 0.15) is 12.1 Å². The molecule has 6 nitrogen and oxygen atoms in total. The Labute approximate surface area is 190 Å². The second-order valence-corrected chi connectivity index (χ2v) is 8.32. The highest BCUT2D eigenvalue weighted by atomic mass is 19.4. The van der Waals surface area contributed by atoms with E-state index in [0.717, 1.165) is 5.56 Å². The highest BCUT2D eigenvalue weighted by Crippen LogP contribution is 2.23. The predicted octanol–water partition coefficient (Wildman–Crippen LogP) is 3.64. The summed E-state index contributed by atoms with van der Waals surface area (Å²) in [6.07, 6.45) is -4.86. The molecule has 0 spiro atoms. The number of nitrogens with zero attached hydrogens (tertiary/aromatic N) is 1. The van der Waals surface area contributed by atoms with E-state index in [0.29, 0.717) is 23.6 Å². The summed E-state index contributed by atoms with van der Waals surface area (Å²) in [5.41, 5.74) is 2.26. The number of likely N-dealkylation sites (tertiary alicyclic amines) is 1. The molecule has 0 unspecified atom stereocenters. The number of halogens is 3. The maximum atomic E-state index is 13.0. The highest BCUT2D eigenvalue weighted by Gasteiger charge is 2.44. The Morgan fingerprint density at radius 2 is 1.67 bits per heavy atom. The van der Waals surface area contributed by atoms with Gasteiger partial charge in [-0.1, -0.05) is 56.3 Å². The van der Waals surface area contributed by atoms with Gasteiger partial charge in [0.2, 0.25) is 11.8 Å². The third kappa shape index (κ3) is 6.12. The van der Waals surface area contributed by atoms with Crippen LogP contribution in [-0.2, 0) is 20.8 Å². The Hall–Kier alpha value is -3.36. The third-order valence-corrected chi connectivity index (χ3v) is 5.59. The van der Waals surface area contributed by atoms with Crippen LogP contribution >= 0.6 is 0 Å². The van der Waals surface area contributed by atoms with Crippen LogP contribution in [0.4, 0.5) is 18.9 Å². The van der Waals surface area contributed by atoms with E-state index in [1.807, 2.05) is 12.1 Å². The lowest BCUT2D eigenvalue weighted by molar-refractivity contribution is -0.175. The summed E-state index contributed by atoms with van der Waals surface area (Å²) in [7, 11) is 0. The van der Waals surface area contributed by atoms with Gasteiger partial charge < -0.3 is 15.5 Å². The molecule has 1 aliphatic heterocycles. The van der Waals surface area contributed by atoms with Crippen LogP contribution < -0.4 is 10.6 Å². The summed E-state index contributed by atoms with van der Waals surface area (Å²) in [4.78, 5) is 38.5. The molecule has 1 fully saturated rings. The summed E-state index contributed by atoms with van der Waals surface area (Å²) < 4.78 is 38.5. The first-order chi connectivity index (χ1) is 15.6. The van der Waals surface area contributed by atoms with Crippen molar-refractivity contribution in [1.29, 1.82) is 0 Å². The minimum Gasteiger partial charge on any atom is -0.336 e. The summed E-state index contributed by atoms with van der Waals surface area (Å²) in [5, 5.41) is 4.54. The smallest absolute Gasteiger partial charge is 0.336 e. The van der Waals surface area contributed by atoms with Crippen LogP contribution in [0.25, 0.3) is 0 Å². The van der Waals surface area contributed by atoms with Crippen LogP contribution in [0.3, 0.4) is 0 Å². The van der Waals surface area contributed by atoms with Gasteiger partial charge in [-0.3, -0.25) is 14.4 Å². The van der Waals surface area contributed by atoms with Crippen molar-refractivity contribution < 1.29 is 27.6 Å². The Bertz CT molecular complexity index is 992. The molecule has 0 aromatic heterocycles. The molecular formula is C24H26F3N3O3. The first-order valence-electron chi connectivity index (χ1n) is 10.7. The SMILES string of the molecule is CC(C)c1ccc(NC(=O)[C@H]2CCN2C(=O)[C@@H](Cc2ccccc2)NC(=O)C(F)(F)F)cc1. The van der Waals surface area contributed by atoms with E-state index in [-0.39, 0.29) is 13.0 Å². The quantitative estimate of drug-likeness (QED) is 0.661. The van der Waals surface area contributed by atoms with Gasteiger partial charge in [0.25, 0.3) is 0 Å². The molecule has 1 aliphatic rings. The van der Waals surface area contributed by atoms with Crippen molar-refractivity contribution in [2.75, 3.05) is 11.9 Å². The fraction of sp³-hybridized carbons (Fsp3) is 0.375. The van der Waals surface area contributed by atoms with Crippen molar-refractivity contribution >= 4 is 23.4 Å². The molecule has 3 rings (SSSR count). The lowest BCUT2D eigenvalue weighted by Crippen LogP contribution is -2.62. The molecule has 9 heteroatoms. The molecule has 33 heavy (non-hydrogen) atoms. The van der Waals surface area contributed by atoms with Crippen molar-refractivity contribution in [3.8, 4) is 0 Å². The lowest BCUT2D eigenvalue weighted by atomic mass is 9.97. The Morgan fingerprint density at radius 1 is 1.03 bits per heavy atom. The molecule has 176 valence electrons. The van der Waals surface area contributed by atoms with Crippen LogP contribution in [-0.4, -0.2) is 47.4 Å². The number of hydrogen-bond acceptors (Lipinski definition) is 3. The van der Waals surface area contributed by atoms with Gasteiger partial charge in [0, 0.05) is 18.7 Å². The molecule has 0 aliphatic carbocycles. The number of carbonyl (C=O) groups excluding carboxylic acids is 3. The van der Waals surface area contributed by atoms with Crippen molar-refractivity contribution in [2.45, 2.75) is 50.9 Å². The minimum absolute atomic E-state index is 0.122. The number of benzene rings is 2. The fourth-order valence-electron chi connectivity index (χ4n) is 3.59. The highest BCUT2D eigenvalue weighted by molar-refractivity contribution is 5.99. The standard InChI is InChI=1S/C24H26F3N3O3/c1-15(2)17-8-10-18(11-9-17)28-21(31)20-12-13-30(20)22(32)19(29-23(33)24(25,26)27)14-16-6-4-3-5-7-16/h3-11,15,19-20H,12-14H2,1-2H3,(H,28,31)(H,29,33)/t19-,20-/m1/s1. The number of alkyl halides is 3. The van der Waals surface area contributed by atoms with E-state index in [9.17, 15) is 27.6 Å². The summed E-state index contributed by atoms with van der Waals surface area (Å²) in [6, 6.07) is 13.5. The zero-order valence-corrected chi connectivity index (χ0v) is 18.4. The molecule has 2 aromatic rings. The fourth-order valence-corrected chi connectivity index (χ4v) is 3.59. The zero-order valence-electron chi connectivity index (χ0n) is 18.4. The average Bonchev–Trinajstić information content (AvgIpc) is 2.72. The van der Waals surface area contributed by atoms with Crippen molar-refractivity contribution in [3.63, 3.8) is 0 Å². The normalized spacial score (nSPS) is 16.7. The Morgan fingerprint density at radius 3 is 2.18 bits per heavy atom. The Kier molecular flexibility index (Phi) is 7.40. The number of hydrogen-bond donors (Lipinski definition) is 2. The van der Waals surface area contributed by atoms with Gasteiger partial charge in [-0.05, 0) is 35.6 Å². The molecule has 1 saturated heterocycles. The average molecular weight is 461 g/mol. The molecule has 2 atom stereocenters. The number of rotatable bonds is 7.